The predicted molar refractivity (Wildman–Crippen MR) is 68.6 cm³/mol. The Hall–Kier alpha value is -2.28. The van der Waals surface area contributed by atoms with Gasteiger partial charge in [0.25, 0.3) is 5.69 Å². The van der Waals surface area contributed by atoms with Crippen molar-refractivity contribution in [2.75, 3.05) is 7.05 Å². The number of hydrogen-bond donors (Lipinski definition) is 1. The van der Waals surface area contributed by atoms with Crippen LogP contribution in [0.25, 0.3) is 11.4 Å². The van der Waals surface area contributed by atoms with Crippen molar-refractivity contribution in [3.63, 3.8) is 0 Å². The molecule has 100 valence electrons. The summed E-state index contributed by atoms with van der Waals surface area (Å²) in [6.07, 6.45) is 0. The van der Waals surface area contributed by atoms with E-state index in [9.17, 15) is 10.1 Å². The highest BCUT2D eigenvalue weighted by Gasteiger charge is 2.17. The molecule has 1 unspecified atom stereocenters. The van der Waals surface area contributed by atoms with E-state index in [-0.39, 0.29) is 11.7 Å². The number of rotatable bonds is 4. The molecule has 7 nitrogen and oxygen atoms in total. The number of non-ortho nitro benzene ring substituents is 1. The van der Waals surface area contributed by atoms with Gasteiger partial charge in [-0.3, -0.25) is 10.1 Å². The minimum Gasteiger partial charge on any atom is -0.337 e. The average Bonchev–Trinajstić information content (AvgIpc) is 2.87. The zero-order chi connectivity index (χ0) is 14.0. The molecule has 0 radical (unpaired) electrons. The smallest absolute Gasteiger partial charge is 0.270 e. The summed E-state index contributed by atoms with van der Waals surface area (Å²) >= 11 is 0. The second-order valence-corrected chi connectivity index (χ2v) is 4.22. The van der Waals surface area contributed by atoms with E-state index in [0.717, 1.165) is 5.56 Å². The van der Waals surface area contributed by atoms with Crippen LogP contribution in [0, 0.1) is 17.0 Å². The van der Waals surface area contributed by atoms with Gasteiger partial charge in [0, 0.05) is 17.7 Å². The first-order chi connectivity index (χ1) is 9.02. The molecule has 1 aromatic heterocycles. The monoisotopic (exact) mass is 262 g/mol. The normalized spacial score (nSPS) is 12.4. The summed E-state index contributed by atoms with van der Waals surface area (Å²) in [7, 11) is 1.78. The first kappa shape index (κ1) is 13.2. The van der Waals surface area contributed by atoms with Crippen LogP contribution >= 0.6 is 0 Å². The third-order valence-electron chi connectivity index (χ3n) is 2.92. The number of nitro groups is 1. The molecule has 0 fully saturated rings. The maximum absolute atomic E-state index is 10.8. The third kappa shape index (κ3) is 2.60. The number of benzene rings is 1. The Morgan fingerprint density at radius 3 is 2.84 bits per heavy atom. The molecule has 0 saturated heterocycles. The van der Waals surface area contributed by atoms with Crippen LogP contribution in [0.15, 0.2) is 22.7 Å². The lowest BCUT2D eigenvalue weighted by Gasteiger charge is -2.02. The van der Waals surface area contributed by atoms with E-state index in [2.05, 4.69) is 15.5 Å². The van der Waals surface area contributed by atoms with Crippen molar-refractivity contribution < 1.29 is 9.45 Å². The summed E-state index contributed by atoms with van der Waals surface area (Å²) in [6.45, 7) is 3.73. The van der Waals surface area contributed by atoms with Crippen LogP contribution < -0.4 is 5.32 Å². The van der Waals surface area contributed by atoms with E-state index in [1.807, 2.05) is 13.8 Å². The molecule has 7 heteroatoms. The summed E-state index contributed by atoms with van der Waals surface area (Å²) in [6, 6.07) is 4.51. The Balaban J connectivity index is 2.43. The van der Waals surface area contributed by atoms with Gasteiger partial charge in [0.15, 0.2) is 0 Å². The number of nitrogens with one attached hydrogen (secondary N) is 1. The standard InChI is InChI=1S/C12H14N4O3/c1-7-4-5-9(16(17)18)6-10(7)11-14-12(19-15-11)8(2)13-3/h4-6,8,13H,1-3H3. The van der Waals surface area contributed by atoms with Crippen molar-refractivity contribution >= 4 is 5.69 Å². The zero-order valence-corrected chi connectivity index (χ0v) is 10.9. The molecule has 0 aliphatic carbocycles. The Morgan fingerprint density at radius 2 is 2.21 bits per heavy atom. The van der Waals surface area contributed by atoms with Crippen molar-refractivity contribution in [2.24, 2.45) is 0 Å². The van der Waals surface area contributed by atoms with Crippen molar-refractivity contribution in [1.82, 2.24) is 15.5 Å². The molecule has 19 heavy (non-hydrogen) atoms. The van der Waals surface area contributed by atoms with Gasteiger partial charge in [-0.05, 0) is 26.5 Å². The van der Waals surface area contributed by atoms with Crippen LogP contribution in [-0.4, -0.2) is 22.1 Å². The lowest BCUT2D eigenvalue weighted by atomic mass is 10.1. The van der Waals surface area contributed by atoms with Crippen LogP contribution in [0.1, 0.15) is 24.4 Å². The molecule has 2 aromatic rings. The summed E-state index contributed by atoms with van der Waals surface area (Å²) in [4.78, 5) is 14.6. The molecular weight excluding hydrogens is 248 g/mol. The van der Waals surface area contributed by atoms with E-state index >= 15 is 0 Å². The molecule has 2 rings (SSSR count). The number of hydrogen-bond acceptors (Lipinski definition) is 6. The van der Waals surface area contributed by atoms with Crippen LogP contribution in [0.5, 0.6) is 0 Å². The van der Waals surface area contributed by atoms with Crippen molar-refractivity contribution in [3.8, 4) is 11.4 Å². The lowest BCUT2D eigenvalue weighted by molar-refractivity contribution is -0.384. The third-order valence-corrected chi connectivity index (χ3v) is 2.92. The molecule has 0 aliphatic rings. The molecule has 1 heterocycles. The van der Waals surface area contributed by atoms with Gasteiger partial charge in [-0.15, -0.1) is 0 Å². The second kappa shape index (κ2) is 5.15. The molecule has 0 spiro atoms. The highest BCUT2D eigenvalue weighted by Crippen LogP contribution is 2.26. The quantitative estimate of drug-likeness (QED) is 0.670. The van der Waals surface area contributed by atoms with Gasteiger partial charge in [-0.1, -0.05) is 11.2 Å². The first-order valence-electron chi connectivity index (χ1n) is 5.79. The maximum Gasteiger partial charge on any atom is 0.270 e. The summed E-state index contributed by atoms with van der Waals surface area (Å²) in [5, 5.41) is 17.6. The van der Waals surface area contributed by atoms with Crippen molar-refractivity contribution in [3.05, 3.63) is 39.8 Å². The fraction of sp³-hybridized carbons (Fsp3) is 0.333. The van der Waals surface area contributed by atoms with Crippen LogP contribution in [0.2, 0.25) is 0 Å². The Kier molecular flexibility index (Phi) is 3.57. The van der Waals surface area contributed by atoms with Gasteiger partial charge in [-0.2, -0.15) is 4.98 Å². The number of nitro benzene ring substituents is 1. The highest BCUT2D eigenvalue weighted by molar-refractivity contribution is 5.63. The highest BCUT2D eigenvalue weighted by atomic mass is 16.6. The number of nitrogens with zero attached hydrogens (tertiary/aromatic N) is 3. The van der Waals surface area contributed by atoms with Gasteiger partial charge in [0.2, 0.25) is 11.7 Å². The summed E-state index contributed by atoms with van der Waals surface area (Å²) in [5.74, 6) is 0.807. The van der Waals surface area contributed by atoms with E-state index < -0.39 is 4.92 Å². The van der Waals surface area contributed by atoms with Crippen LogP contribution in [0.4, 0.5) is 5.69 Å². The zero-order valence-electron chi connectivity index (χ0n) is 10.9. The SMILES string of the molecule is CNC(C)c1nc(-c2cc([N+](=O)[O-])ccc2C)no1. The van der Waals surface area contributed by atoms with E-state index in [4.69, 9.17) is 4.52 Å². The number of aromatic nitrogens is 2. The molecule has 0 amide bonds. The van der Waals surface area contributed by atoms with Gasteiger partial charge >= 0.3 is 0 Å². The van der Waals surface area contributed by atoms with E-state index in [1.54, 1.807) is 13.1 Å². The predicted octanol–water partition coefficient (Wildman–Crippen LogP) is 2.23. The molecule has 0 aliphatic heterocycles. The molecule has 0 saturated carbocycles. The van der Waals surface area contributed by atoms with E-state index in [0.29, 0.717) is 17.3 Å². The molecule has 1 N–H and O–H groups in total. The fourth-order valence-electron chi connectivity index (χ4n) is 1.61. The maximum atomic E-state index is 10.8. The largest absolute Gasteiger partial charge is 0.337 e. The van der Waals surface area contributed by atoms with Crippen molar-refractivity contribution in [1.29, 1.82) is 0 Å². The van der Waals surface area contributed by atoms with E-state index in [1.165, 1.54) is 12.1 Å². The van der Waals surface area contributed by atoms with Gasteiger partial charge in [0.1, 0.15) is 0 Å². The van der Waals surface area contributed by atoms with Gasteiger partial charge in [0.05, 0.1) is 11.0 Å². The second-order valence-electron chi connectivity index (χ2n) is 4.22. The molecule has 0 bridgehead atoms. The fourth-order valence-corrected chi connectivity index (χ4v) is 1.61. The Bertz CT molecular complexity index is 609. The molecular formula is C12H14N4O3. The minimum atomic E-state index is -0.444. The van der Waals surface area contributed by atoms with Crippen LogP contribution in [0.3, 0.4) is 0 Å². The number of aryl methyl sites for hydroxylation is 1. The Morgan fingerprint density at radius 1 is 1.47 bits per heavy atom. The Labute approximate surface area is 109 Å². The minimum absolute atomic E-state index is 0.00798. The lowest BCUT2D eigenvalue weighted by Crippen LogP contribution is -2.12. The summed E-state index contributed by atoms with van der Waals surface area (Å²) in [5.41, 5.74) is 1.47. The topological polar surface area (TPSA) is 94.1 Å². The van der Waals surface area contributed by atoms with Crippen molar-refractivity contribution in [2.45, 2.75) is 19.9 Å². The first-order valence-corrected chi connectivity index (χ1v) is 5.79. The molecule has 1 aromatic carbocycles. The molecule has 1 atom stereocenters. The van der Waals surface area contributed by atoms with Gasteiger partial charge in [-0.25, -0.2) is 0 Å². The van der Waals surface area contributed by atoms with Gasteiger partial charge < -0.3 is 9.84 Å². The van der Waals surface area contributed by atoms with Crippen LogP contribution in [-0.2, 0) is 0 Å². The average molecular weight is 262 g/mol. The summed E-state index contributed by atoms with van der Waals surface area (Å²) < 4.78 is 5.13.